The number of carbonyl (C=O) groups excluding carboxylic acids is 2. The summed E-state index contributed by atoms with van der Waals surface area (Å²) >= 11 is 0. The Labute approximate surface area is 116 Å². The van der Waals surface area contributed by atoms with Gasteiger partial charge in [0.15, 0.2) is 0 Å². The minimum atomic E-state index is -0.362. The van der Waals surface area contributed by atoms with Crippen molar-refractivity contribution in [2.24, 2.45) is 0 Å². The van der Waals surface area contributed by atoms with Crippen LogP contribution in [-0.4, -0.2) is 28.7 Å². The number of nitrogens with zero attached hydrogens (tertiary/aromatic N) is 1. The Morgan fingerprint density at radius 1 is 1.25 bits per heavy atom. The normalized spacial score (nSPS) is 10.1. The molecular weight excluding hydrogens is 258 g/mol. The number of benzene rings is 1. The molecule has 0 aliphatic heterocycles. The van der Waals surface area contributed by atoms with Gasteiger partial charge >= 0.3 is 5.97 Å². The maximum atomic E-state index is 11.8. The quantitative estimate of drug-likeness (QED) is 0.818. The average Bonchev–Trinajstić information content (AvgIpc) is 3.00. The van der Waals surface area contributed by atoms with Gasteiger partial charge in [-0.25, -0.2) is 4.79 Å². The highest BCUT2D eigenvalue weighted by molar-refractivity contribution is 6.04. The summed E-state index contributed by atoms with van der Waals surface area (Å²) in [7, 11) is 0. The van der Waals surface area contributed by atoms with E-state index in [-0.39, 0.29) is 11.9 Å². The zero-order valence-electron chi connectivity index (χ0n) is 11.1. The van der Waals surface area contributed by atoms with Crippen molar-refractivity contribution in [2.45, 2.75) is 13.3 Å². The van der Waals surface area contributed by atoms with Gasteiger partial charge in [-0.05, 0) is 30.7 Å². The van der Waals surface area contributed by atoms with Crippen molar-refractivity contribution in [1.29, 1.82) is 0 Å². The van der Waals surface area contributed by atoms with Gasteiger partial charge in [-0.15, -0.1) is 0 Å². The molecule has 0 saturated carbocycles. The molecule has 0 atom stereocenters. The molecule has 0 aliphatic rings. The Balaban J connectivity index is 1.98. The van der Waals surface area contributed by atoms with Crippen LogP contribution in [0.5, 0.6) is 0 Å². The molecule has 0 saturated heterocycles. The molecule has 2 rings (SSSR count). The first-order chi connectivity index (χ1) is 9.70. The van der Waals surface area contributed by atoms with Crippen LogP contribution < -0.4 is 5.32 Å². The summed E-state index contributed by atoms with van der Waals surface area (Å²) in [5.41, 5.74) is 1.50. The van der Waals surface area contributed by atoms with Crippen LogP contribution in [0.25, 0.3) is 0 Å². The fourth-order valence-corrected chi connectivity index (χ4v) is 1.55. The molecule has 0 radical (unpaired) electrons. The molecule has 0 fully saturated rings. The van der Waals surface area contributed by atoms with Crippen LogP contribution in [0.4, 0.5) is 5.69 Å². The highest BCUT2D eigenvalue weighted by Gasteiger charge is 2.09. The lowest BCUT2D eigenvalue weighted by molar-refractivity contribution is 0.0505. The summed E-state index contributed by atoms with van der Waals surface area (Å²) in [5.74, 6) is -0.625. The first-order valence-electron chi connectivity index (χ1n) is 6.28. The first-order valence-corrected chi connectivity index (χ1v) is 6.28. The Hall–Kier alpha value is -2.63. The first kappa shape index (κ1) is 13.8. The van der Waals surface area contributed by atoms with E-state index in [1.807, 2.05) is 6.92 Å². The minimum absolute atomic E-state index is 0.264. The molecular formula is C14H15N3O3. The molecule has 6 nitrogen and oxygen atoms in total. The maximum absolute atomic E-state index is 11.8. The fraction of sp³-hybridized carbons (Fsp3) is 0.214. The van der Waals surface area contributed by atoms with Crippen LogP contribution in [0.2, 0.25) is 0 Å². The Kier molecular flexibility index (Phi) is 4.49. The number of amides is 1. The predicted octanol–water partition coefficient (Wildman–Crippen LogP) is 2.23. The monoisotopic (exact) mass is 273 g/mol. The van der Waals surface area contributed by atoms with Crippen LogP contribution in [0.15, 0.2) is 36.7 Å². The number of aromatic nitrogens is 2. The van der Waals surface area contributed by atoms with E-state index in [9.17, 15) is 9.59 Å². The Morgan fingerprint density at radius 2 is 2.00 bits per heavy atom. The van der Waals surface area contributed by atoms with Crippen LogP contribution in [0.1, 0.15) is 34.1 Å². The highest BCUT2D eigenvalue weighted by Crippen LogP contribution is 2.12. The van der Waals surface area contributed by atoms with E-state index in [0.717, 1.165) is 6.42 Å². The van der Waals surface area contributed by atoms with Crippen molar-refractivity contribution in [3.05, 3.63) is 47.8 Å². The standard InChI is InChI=1S/C14H15N3O3/c1-2-7-20-14(19)10-3-5-12(6-4-10)17-13(18)11-8-15-16-9-11/h3-6,8-9H,2,7H2,1H3,(H,15,16)(H,17,18). The molecule has 1 amide bonds. The number of H-pyrrole nitrogens is 1. The van der Waals surface area contributed by atoms with Crippen molar-refractivity contribution in [1.82, 2.24) is 10.2 Å². The molecule has 0 aliphatic carbocycles. The van der Waals surface area contributed by atoms with Crippen molar-refractivity contribution in [3.63, 3.8) is 0 Å². The van der Waals surface area contributed by atoms with Gasteiger partial charge in [-0.3, -0.25) is 9.89 Å². The smallest absolute Gasteiger partial charge is 0.338 e. The number of aromatic amines is 1. The molecule has 1 aromatic heterocycles. The van der Waals surface area contributed by atoms with Gasteiger partial charge in [-0.2, -0.15) is 5.10 Å². The number of ether oxygens (including phenoxy) is 1. The van der Waals surface area contributed by atoms with E-state index in [2.05, 4.69) is 15.5 Å². The summed E-state index contributed by atoms with van der Waals surface area (Å²) in [6, 6.07) is 6.53. The average molecular weight is 273 g/mol. The number of anilines is 1. The molecule has 6 heteroatoms. The van der Waals surface area contributed by atoms with Gasteiger partial charge in [0.2, 0.25) is 0 Å². The number of hydrogen-bond acceptors (Lipinski definition) is 4. The zero-order valence-corrected chi connectivity index (χ0v) is 11.1. The van der Waals surface area contributed by atoms with E-state index in [1.165, 1.54) is 12.4 Å². The molecule has 2 aromatic rings. The summed E-state index contributed by atoms with van der Waals surface area (Å²) in [4.78, 5) is 23.4. The lowest BCUT2D eigenvalue weighted by atomic mass is 10.2. The third-order valence-corrected chi connectivity index (χ3v) is 2.58. The van der Waals surface area contributed by atoms with E-state index in [0.29, 0.717) is 23.4 Å². The summed E-state index contributed by atoms with van der Waals surface area (Å²) in [5, 5.41) is 8.97. The zero-order chi connectivity index (χ0) is 14.4. The third kappa shape index (κ3) is 3.44. The van der Waals surface area contributed by atoms with Gasteiger partial charge in [0.05, 0.1) is 23.9 Å². The van der Waals surface area contributed by atoms with Crippen LogP contribution in [0, 0.1) is 0 Å². The predicted molar refractivity (Wildman–Crippen MR) is 73.6 cm³/mol. The fourth-order valence-electron chi connectivity index (χ4n) is 1.55. The Morgan fingerprint density at radius 3 is 2.60 bits per heavy atom. The van der Waals surface area contributed by atoms with Crippen molar-refractivity contribution in [2.75, 3.05) is 11.9 Å². The summed E-state index contributed by atoms with van der Waals surface area (Å²) in [6.45, 7) is 2.33. The van der Waals surface area contributed by atoms with E-state index in [4.69, 9.17) is 4.74 Å². The van der Waals surface area contributed by atoms with Gasteiger partial charge < -0.3 is 10.1 Å². The largest absolute Gasteiger partial charge is 0.462 e. The summed E-state index contributed by atoms with van der Waals surface area (Å²) < 4.78 is 5.02. The molecule has 0 unspecified atom stereocenters. The van der Waals surface area contributed by atoms with Gasteiger partial charge in [-0.1, -0.05) is 6.92 Å². The molecule has 0 bridgehead atoms. The van der Waals surface area contributed by atoms with Gasteiger partial charge in [0.1, 0.15) is 0 Å². The maximum Gasteiger partial charge on any atom is 0.338 e. The number of carbonyl (C=O) groups is 2. The molecule has 1 aromatic carbocycles. The minimum Gasteiger partial charge on any atom is -0.462 e. The van der Waals surface area contributed by atoms with Gasteiger partial charge in [0.25, 0.3) is 5.91 Å². The molecule has 0 spiro atoms. The topological polar surface area (TPSA) is 84.1 Å². The molecule has 1 heterocycles. The number of esters is 1. The second-order valence-electron chi connectivity index (χ2n) is 4.15. The van der Waals surface area contributed by atoms with E-state index >= 15 is 0 Å². The molecule has 2 N–H and O–H groups in total. The Bertz CT molecular complexity index is 576. The van der Waals surface area contributed by atoms with Crippen molar-refractivity contribution >= 4 is 17.6 Å². The molecule has 20 heavy (non-hydrogen) atoms. The van der Waals surface area contributed by atoms with Crippen molar-refractivity contribution in [3.8, 4) is 0 Å². The lowest BCUT2D eigenvalue weighted by Crippen LogP contribution is -2.11. The number of nitrogens with one attached hydrogen (secondary N) is 2. The van der Waals surface area contributed by atoms with Crippen LogP contribution in [0.3, 0.4) is 0 Å². The number of rotatable bonds is 5. The SMILES string of the molecule is CCCOC(=O)c1ccc(NC(=O)c2cn[nH]c2)cc1. The number of hydrogen-bond donors (Lipinski definition) is 2. The van der Waals surface area contributed by atoms with Crippen LogP contribution in [-0.2, 0) is 4.74 Å². The van der Waals surface area contributed by atoms with E-state index < -0.39 is 0 Å². The van der Waals surface area contributed by atoms with Gasteiger partial charge in [0, 0.05) is 11.9 Å². The second-order valence-corrected chi connectivity index (χ2v) is 4.15. The van der Waals surface area contributed by atoms with Crippen LogP contribution >= 0.6 is 0 Å². The second kappa shape index (κ2) is 6.51. The molecule has 104 valence electrons. The van der Waals surface area contributed by atoms with Crippen molar-refractivity contribution < 1.29 is 14.3 Å². The van der Waals surface area contributed by atoms with E-state index in [1.54, 1.807) is 24.3 Å². The third-order valence-electron chi connectivity index (χ3n) is 2.58. The lowest BCUT2D eigenvalue weighted by Gasteiger charge is -2.05. The highest BCUT2D eigenvalue weighted by atomic mass is 16.5. The summed E-state index contributed by atoms with van der Waals surface area (Å²) in [6.07, 6.45) is 3.72.